The van der Waals surface area contributed by atoms with Gasteiger partial charge in [0.05, 0.1) is 4.88 Å². The van der Waals surface area contributed by atoms with E-state index in [0.717, 1.165) is 16.2 Å². The lowest BCUT2D eigenvalue weighted by atomic mass is 10.2. The average Bonchev–Trinajstić information content (AvgIpc) is 2.89. The van der Waals surface area contributed by atoms with Crippen molar-refractivity contribution >= 4 is 41.2 Å². The van der Waals surface area contributed by atoms with E-state index in [2.05, 4.69) is 29.4 Å². The number of hydrogen-bond donors (Lipinski definition) is 2. The molecule has 2 aromatic heterocycles. The van der Waals surface area contributed by atoms with Gasteiger partial charge in [0.25, 0.3) is 5.91 Å². The van der Waals surface area contributed by atoms with Crippen molar-refractivity contribution in [1.29, 1.82) is 0 Å². The van der Waals surface area contributed by atoms with Crippen LogP contribution in [0.4, 0.5) is 0 Å². The molecule has 1 amide bonds. The molecule has 0 unspecified atom stereocenters. The normalized spacial score (nSPS) is 10.3. The maximum absolute atomic E-state index is 11.7. The summed E-state index contributed by atoms with van der Waals surface area (Å²) in [5, 5.41) is 8.90. The van der Waals surface area contributed by atoms with Crippen molar-refractivity contribution in [1.82, 2.24) is 5.32 Å². The highest BCUT2D eigenvalue weighted by Crippen LogP contribution is 2.17. The van der Waals surface area contributed by atoms with Crippen molar-refractivity contribution in [2.24, 2.45) is 0 Å². The minimum Gasteiger partial charge on any atom is -0.351 e. The standard InChI is InChI=1S/C11H11NOS3/c13-11(10-5-9(14)7-16-10)12-3-1-8-2-4-15-6-8/h2,4-7,14H,1,3H2,(H,12,13). The summed E-state index contributed by atoms with van der Waals surface area (Å²) in [7, 11) is 0. The molecular weight excluding hydrogens is 258 g/mol. The molecule has 0 atom stereocenters. The van der Waals surface area contributed by atoms with E-state index in [1.807, 2.05) is 10.8 Å². The van der Waals surface area contributed by atoms with Crippen LogP contribution in [0.25, 0.3) is 0 Å². The molecule has 84 valence electrons. The molecule has 0 bridgehead atoms. The summed E-state index contributed by atoms with van der Waals surface area (Å²) < 4.78 is 0. The maximum atomic E-state index is 11.7. The summed E-state index contributed by atoms with van der Waals surface area (Å²) in [6.07, 6.45) is 0.883. The van der Waals surface area contributed by atoms with Crippen LogP contribution < -0.4 is 5.32 Å². The second-order valence-electron chi connectivity index (χ2n) is 3.31. The number of hydrogen-bond acceptors (Lipinski definition) is 4. The predicted octanol–water partition coefficient (Wildman–Crippen LogP) is 3.07. The first-order chi connectivity index (χ1) is 7.75. The lowest BCUT2D eigenvalue weighted by Gasteiger charge is -2.01. The van der Waals surface area contributed by atoms with E-state index in [1.54, 1.807) is 17.4 Å². The van der Waals surface area contributed by atoms with Gasteiger partial charge < -0.3 is 5.32 Å². The quantitative estimate of drug-likeness (QED) is 0.821. The fourth-order valence-corrected chi connectivity index (χ4v) is 3.06. The largest absolute Gasteiger partial charge is 0.351 e. The summed E-state index contributed by atoms with van der Waals surface area (Å²) >= 11 is 7.27. The van der Waals surface area contributed by atoms with Gasteiger partial charge in [-0.25, -0.2) is 0 Å². The summed E-state index contributed by atoms with van der Waals surface area (Å²) in [5.41, 5.74) is 1.27. The van der Waals surface area contributed by atoms with Crippen LogP contribution in [0.15, 0.2) is 33.2 Å². The van der Waals surface area contributed by atoms with Crippen LogP contribution in [0, 0.1) is 0 Å². The van der Waals surface area contributed by atoms with Gasteiger partial charge in [0.2, 0.25) is 0 Å². The Kier molecular flexibility index (Phi) is 4.04. The number of carbonyl (C=O) groups excluding carboxylic acids is 1. The Morgan fingerprint density at radius 1 is 1.44 bits per heavy atom. The monoisotopic (exact) mass is 269 g/mol. The molecule has 0 saturated carbocycles. The Morgan fingerprint density at radius 3 is 2.94 bits per heavy atom. The summed E-state index contributed by atoms with van der Waals surface area (Å²) in [6, 6.07) is 3.86. The molecule has 0 spiro atoms. The molecule has 0 aromatic carbocycles. The topological polar surface area (TPSA) is 29.1 Å². The van der Waals surface area contributed by atoms with Crippen LogP contribution in [0.1, 0.15) is 15.2 Å². The first-order valence-electron chi connectivity index (χ1n) is 4.82. The number of rotatable bonds is 4. The van der Waals surface area contributed by atoms with Crippen molar-refractivity contribution in [3.63, 3.8) is 0 Å². The Bertz CT molecular complexity index is 461. The van der Waals surface area contributed by atoms with E-state index in [4.69, 9.17) is 0 Å². The molecular formula is C11H11NOS3. The molecule has 0 aliphatic heterocycles. The van der Waals surface area contributed by atoms with E-state index in [0.29, 0.717) is 6.54 Å². The molecule has 2 heterocycles. The molecule has 0 fully saturated rings. The van der Waals surface area contributed by atoms with Gasteiger partial charge in [0.15, 0.2) is 0 Å². The highest BCUT2D eigenvalue weighted by Gasteiger charge is 2.06. The van der Waals surface area contributed by atoms with Crippen molar-refractivity contribution in [3.8, 4) is 0 Å². The van der Waals surface area contributed by atoms with E-state index < -0.39 is 0 Å². The average molecular weight is 269 g/mol. The molecule has 2 nitrogen and oxygen atoms in total. The molecule has 0 saturated heterocycles. The summed E-state index contributed by atoms with van der Waals surface area (Å²) in [4.78, 5) is 13.2. The van der Waals surface area contributed by atoms with E-state index >= 15 is 0 Å². The maximum Gasteiger partial charge on any atom is 0.261 e. The lowest BCUT2D eigenvalue weighted by molar-refractivity contribution is 0.0958. The van der Waals surface area contributed by atoms with Gasteiger partial charge >= 0.3 is 0 Å². The van der Waals surface area contributed by atoms with Gasteiger partial charge in [-0.15, -0.1) is 24.0 Å². The third-order valence-corrected chi connectivity index (χ3v) is 4.18. The fraction of sp³-hybridized carbons (Fsp3) is 0.182. The van der Waals surface area contributed by atoms with Gasteiger partial charge in [0.1, 0.15) is 0 Å². The van der Waals surface area contributed by atoms with Crippen LogP contribution in [0.3, 0.4) is 0 Å². The zero-order chi connectivity index (χ0) is 11.4. The summed E-state index contributed by atoms with van der Waals surface area (Å²) in [6.45, 7) is 0.676. The van der Waals surface area contributed by atoms with Crippen LogP contribution in [-0.4, -0.2) is 12.5 Å². The number of thiol groups is 1. The summed E-state index contributed by atoms with van der Waals surface area (Å²) in [5.74, 6) is -0.0134. The smallest absolute Gasteiger partial charge is 0.261 e. The number of amides is 1. The van der Waals surface area contributed by atoms with E-state index in [1.165, 1.54) is 16.9 Å². The van der Waals surface area contributed by atoms with Crippen molar-refractivity contribution in [2.75, 3.05) is 6.54 Å². The molecule has 0 radical (unpaired) electrons. The first kappa shape index (κ1) is 11.7. The number of carbonyl (C=O) groups is 1. The Balaban J connectivity index is 1.80. The first-order valence-corrected chi connectivity index (χ1v) is 7.09. The van der Waals surface area contributed by atoms with Crippen molar-refractivity contribution in [3.05, 3.63) is 38.7 Å². The zero-order valence-corrected chi connectivity index (χ0v) is 11.0. The molecule has 16 heavy (non-hydrogen) atoms. The molecule has 1 N–H and O–H groups in total. The highest BCUT2D eigenvalue weighted by molar-refractivity contribution is 7.80. The molecule has 2 rings (SSSR count). The third-order valence-electron chi connectivity index (χ3n) is 2.09. The minimum atomic E-state index is -0.0134. The number of nitrogens with one attached hydrogen (secondary N) is 1. The van der Waals surface area contributed by atoms with Crippen LogP contribution in [-0.2, 0) is 6.42 Å². The second kappa shape index (κ2) is 5.52. The second-order valence-corrected chi connectivity index (χ2v) is 5.51. The number of thiophene rings is 2. The van der Waals surface area contributed by atoms with Crippen LogP contribution >= 0.6 is 35.3 Å². The highest BCUT2D eigenvalue weighted by atomic mass is 32.1. The molecule has 5 heteroatoms. The zero-order valence-electron chi connectivity index (χ0n) is 8.47. The van der Waals surface area contributed by atoms with Gasteiger partial charge in [-0.3, -0.25) is 4.79 Å². The van der Waals surface area contributed by atoms with E-state index in [9.17, 15) is 4.79 Å². The fourth-order valence-electron chi connectivity index (χ4n) is 1.29. The molecule has 0 aliphatic rings. The van der Waals surface area contributed by atoms with Gasteiger partial charge in [0, 0.05) is 16.8 Å². The van der Waals surface area contributed by atoms with Gasteiger partial charge in [-0.05, 0) is 34.9 Å². The van der Waals surface area contributed by atoms with Crippen LogP contribution in [0.2, 0.25) is 0 Å². The molecule has 0 aliphatic carbocycles. The lowest BCUT2D eigenvalue weighted by Crippen LogP contribution is -2.24. The van der Waals surface area contributed by atoms with Gasteiger partial charge in [-0.2, -0.15) is 11.3 Å². The predicted molar refractivity (Wildman–Crippen MR) is 71.9 cm³/mol. The van der Waals surface area contributed by atoms with Crippen molar-refractivity contribution in [2.45, 2.75) is 11.3 Å². The third kappa shape index (κ3) is 3.10. The van der Waals surface area contributed by atoms with E-state index in [-0.39, 0.29) is 5.91 Å². The Labute approximate surface area is 108 Å². The Hall–Kier alpha value is -0.780. The van der Waals surface area contributed by atoms with Crippen LogP contribution in [0.5, 0.6) is 0 Å². The minimum absolute atomic E-state index is 0.0134. The SMILES string of the molecule is O=C(NCCc1ccsc1)c1cc(S)cs1. The Morgan fingerprint density at radius 2 is 2.31 bits per heavy atom. The molecule has 2 aromatic rings. The van der Waals surface area contributed by atoms with Crippen molar-refractivity contribution < 1.29 is 4.79 Å². The van der Waals surface area contributed by atoms with Gasteiger partial charge in [-0.1, -0.05) is 0 Å².